The van der Waals surface area contributed by atoms with Gasteiger partial charge in [0.25, 0.3) is 0 Å². The highest BCUT2D eigenvalue weighted by molar-refractivity contribution is 5.93. The molecular formula is C15H17NO4. The van der Waals surface area contributed by atoms with Crippen molar-refractivity contribution in [3.05, 3.63) is 35.5 Å². The van der Waals surface area contributed by atoms with Crippen LogP contribution in [0.4, 0.5) is 0 Å². The van der Waals surface area contributed by atoms with Crippen LogP contribution in [0.3, 0.4) is 0 Å². The molecule has 0 aliphatic carbocycles. The fourth-order valence-electron chi connectivity index (χ4n) is 2.43. The van der Waals surface area contributed by atoms with Crippen molar-refractivity contribution in [2.75, 3.05) is 6.61 Å². The number of carboxylic acids is 1. The van der Waals surface area contributed by atoms with Crippen molar-refractivity contribution in [2.24, 2.45) is 0 Å². The lowest BCUT2D eigenvalue weighted by molar-refractivity contribution is -0.169. The lowest BCUT2D eigenvalue weighted by Crippen LogP contribution is -2.22. The molecule has 20 heavy (non-hydrogen) atoms. The summed E-state index contributed by atoms with van der Waals surface area (Å²) in [5, 5.41) is 9.86. The fraction of sp³-hybridized carbons (Fsp3) is 0.400. The Hall–Kier alpha value is -1.85. The van der Waals surface area contributed by atoms with E-state index in [0.717, 1.165) is 42.5 Å². The summed E-state index contributed by atoms with van der Waals surface area (Å²) in [5.74, 6) is -0.915. The van der Waals surface area contributed by atoms with Gasteiger partial charge in [0.15, 0.2) is 6.29 Å². The van der Waals surface area contributed by atoms with Gasteiger partial charge in [0.1, 0.15) is 0 Å². The highest BCUT2D eigenvalue weighted by Gasteiger charge is 2.14. The lowest BCUT2D eigenvalue weighted by Gasteiger charge is -2.22. The lowest BCUT2D eigenvalue weighted by atomic mass is 10.1. The fourth-order valence-corrected chi connectivity index (χ4v) is 2.43. The van der Waals surface area contributed by atoms with Gasteiger partial charge in [-0.2, -0.15) is 0 Å². The van der Waals surface area contributed by atoms with Crippen molar-refractivity contribution in [1.29, 1.82) is 0 Å². The summed E-state index contributed by atoms with van der Waals surface area (Å²) in [6, 6.07) is 6.95. The first-order valence-corrected chi connectivity index (χ1v) is 6.80. The van der Waals surface area contributed by atoms with Gasteiger partial charge in [-0.15, -0.1) is 0 Å². The highest BCUT2D eigenvalue weighted by Crippen LogP contribution is 2.20. The zero-order valence-electron chi connectivity index (χ0n) is 11.1. The number of hydrogen-bond acceptors (Lipinski definition) is 3. The van der Waals surface area contributed by atoms with Crippen LogP contribution in [-0.2, 0) is 16.1 Å². The van der Waals surface area contributed by atoms with Crippen LogP contribution in [-0.4, -0.2) is 29.0 Å². The van der Waals surface area contributed by atoms with Gasteiger partial charge >= 0.3 is 5.97 Å². The number of carboxylic acid groups (broad SMARTS) is 1. The topological polar surface area (TPSA) is 71.5 Å². The maximum Gasteiger partial charge on any atom is 0.335 e. The molecule has 1 saturated heterocycles. The van der Waals surface area contributed by atoms with E-state index in [2.05, 4.69) is 4.98 Å². The van der Waals surface area contributed by atoms with E-state index in [0.29, 0.717) is 12.2 Å². The highest BCUT2D eigenvalue weighted by atomic mass is 16.7. The Bertz CT molecular complexity index is 613. The maximum absolute atomic E-state index is 10.9. The van der Waals surface area contributed by atoms with Crippen LogP contribution in [0.5, 0.6) is 0 Å². The van der Waals surface area contributed by atoms with Gasteiger partial charge < -0.3 is 19.6 Å². The van der Waals surface area contributed by atoms with Crippen LogP contribution < -0.4 is 0 Å². The number of H-pyrrole nitrogens is 1. The quantitative estimate of drug-likeness (QED) is 0.900. The Balaban J connectivity index is 1.70. The number of nitrogens with one attached hydrogen (secondary N) is 1. The molecule has 3 rings (SSSR count). The predicted molar refractivity (Wildman–Crippen MR) is 73.6 cm³/mol. The molecule has 1 aliphatic rings. The van der Waals surface area contributed by atoms with Gasteiger partial charge in [-0.05, 0) is 43.5 Å². The first-order valence-electron chi connectivity index (χ1n) is 6.80. The molecule has 0 radical (unpaired) electrons. The molecule has 2 heterocycles. The molecule has 0 spiro atoms. The molecule has 106 valence electrons. The van der Waals surface area contributed by atoms with E-state index in [9.17, 15) is 4.79 Å². The van der Waals surface area contributed by atoms with Crippen molar-refractivity contribution in [3.63, 3.8) is 0 Å². The Kier molecular flexibility index (Phi) is 3.71. The second kappa shape index (κ2) is 5.64. The zero-order valence-corrected chi connectivity index (χ0v) is 11.1. The number of ether oxygens (including phenoxy) is 2. The second-order valence-electron chi connectivity index (χ2n) is 5.01. The zero-order chi connectivity index (χ0) is 13.9. The molecule has 1 aromatic heterocycles. The van der Waals surface area contributed by atoms with Crippen LogP contribution in [0.1, 0.15) is 35.3 Å². The van der Waals surface area contributed by atoms with Gasteiger partial charge in [-0.3, -0.25) is 0 Å². The summed E-state index contributed by atoms with van der Waals surface area (Å²) in [6.07, 6.45) is 3.05. The van der Waals surface area contributed by atoms with E-state index in [4.69, 9.17) is 14.6 Å². The summed E-state index contributed by atoms with van der Waals surface area (Å²) in [5.41, 5.74) is 2.13. The number of hydrogen-bond donors (Lipinski definition) is 2. The van der Waals surface area contributed by atoms with Crippen LogP contribution in [0.2, 0.25) is 0 Å². The van der Waals surface area contributed by atoms with Crippen molar-refractivity contribution in [1.82, 2.24) is 4.98 Å². The third-order valence-electron chi connectivity index (χ3n) is 3.49. The molecule has 2 N–H and O–H groups in total. The monoisotopic (exact) mass is 275 g/mol. The average molecular weight is 275 g/mol. The molecule has 5 nitrogen and oxygen atoms in total. The first-order chi connectivity index (χ1) is 9.72. The summed E-state index contributed by atoms with van der Waals surface area (Å²) in [6.45, 7) is 1.21. The maximum atomic E-state index is 10.9. The van der Waals surface area contributed by atoms with Crippen LogP contribution in [0.15, 0.2) is 24.3 Å². The first kappa shape index (κ1) is 13.1. The minimum Gasteiger partial charge on any atom is -0.478 e. The Morgan fingerprint density at radius 3 is 3.05 bits per heavy atom. The number of rotatable bonds is 4. The largest absolute Gasteiger partial charge is 0.478 e. The smallest absolute Gasteiger partial charge is 0.335 e. The van der Waals surface area contributed by atoms with E-state index < -0.39 is 5.97 Å². The van der Waals surface area contributed by atoms with Gasteiger partial charge in [-0.25, -0.2) is 4.79 Å². The molecule has 0 saturated carbocycles. The van der Waals surface area contributed by atoms with E-state index in [1.165, 1.54) is 0 Å². The minimum atomic E-state index is -0.915. The molecule has 0 amide bonds. The minimum absolute atomic E-state index is 0.121. The van der Waals surface area contributed by atoms with E-state index in [1.54, 1.807) is 18.2 Å². The third-order valence-corrected chi connectivity index (χ3v) is 3.49. The normalized spacial score (nSPS) is 19.3. The summed E-state index contributed by atoms with van der Waals surface area (Å²) < 4.78 is 11.2. The molecular weight excluding hydrogens is 258 g/mol. The number of benzene rings is 1. The summed E-state index contributed by atoms with van der Waals surface area (Å²) in [4.78, 5) is 14.2. The van der Waals surface area contributed by atoms with E-state index in [1.807, 2.05) is 6.07 Å². The number of aromatic nitrogens is 1. The van der Waals surface area contributed by atoms with Crippen molar-refractivity contribution < 1.29 is 19.4 Å². The molecule has 1 aromatic carbocycles. The Labute approximate surface area is 116 Å². The Morgan fingerprint density at radius 1 is 1.40 bits per heavy atom. The molecule has 0 bridgehead atoms. The Morgan fingerprint density at radius 2 is 2.30 bits per heavy atom. The van der Waals surface area contributed by atoms with Gasteiger partial charge in [-0.1, -0.05) is 0 Å². The van der Waals surface area contributed by atoms with E-state index in [-0.39, 0.29) is 6.29 Å². The van der Waals surface area contributed by atoms with Crippen molar-refractivity contribution >= 4 is 16.9 Å². The van der Waals surface area contributed by atoms with Crippen LogP contribution in [0, 0.1) is 0 Å². The van der Waals surface area contributed by atoms with E-state index >= 15 is 0 Å². The third kappa shape index (κ3) is 2.84. The molecule has 5 heteroatoms. The number of aromatic carboxylic acids is 1. The van der Waals surface area contributed by atoms with Gasteiger partial charge in [0.05, 0.1) is 12.2 Å². The van der Waals surface area contributed by atoms with Crippen molar-refractivity contribution in [2.45, 2.75) is 32.2 Å². The van der Waals surface area contributed by atoms with Crippen LogP contribution >= 0.6 is 0 Å². The number of fused-ring (bicyclic) bond motifs is 1. The number of carbonyl (C=O) groups is 1. The molecule has 1 atom stereocenters. The SMILES string of the molecule is O=C(O)c1ccc2[nH]c(COC3CCCCO3)cc2c1. The summed E-state index contributed by atoms with van der Waals surface area (Å²) >= 11 is 0. The standard InChI is InChI=1S/C15H17NO4/c17-15(18)10-4-5-13-11(7-10)8-12(16-13)9-20-14-3-1-2-6-19-14/h4-5,7-8,14,16H,1-3,6,9H2,(H,17,18). The van der Waals surface area contributed by atoms with Gasteiger partial charge in [0, 0.05) is 23.2 Å². The molecule has 1 unspecified atom stereocenters. The average Bonchev–Trinajstić information content (AvgIpc) is 2.88. The van der Waals surface area contributed by atoms with Gasteiger partial charge in [0.2, 0.25) is 0 Å². The molecule has 1 aliphatic heterocycles. The van der Waals surface area contributed by atoms with Crippen LogP contribution in [0.25, 0.3) is 10.9 Å². The number of aromatic amines is 1. The predicted octanol–water partition coefficient (Wildman–Crippen LogP) is 2.91. The second-order valence-corrected chi connectivity index (χ2v) is 5.01. The van der Waals surface area contributed by atoms with Crippen molar-refractivity contribution in [3.8, 4) is 0 Å². The molecule has 1 fully saturated rings. The summed E-state index contributed by atoms with van der Waals surface area (Å²) in [7, 11) is 0. The molecule has 2 aromatic rings.